The molecule has 0 fully saturated rings. The largest absolute Gasteiger partial charge is 0.390 e. The third kappa shape index (κ3) is 4.94. The number of rotatable bonds is 5. The molecule has 0 bridgehead atoms. The van der Waals surface area contributed by atoms with Crippen molar-refractivity contribution in [1.29, 1.82) is 0 Å². The Kier molecular flexibility index (Phi) is 5.53. The van der Waals surface area contributed by atoms with E-state index in [1.807, 2.05) is 7.05 Å². The molecule has 0 aromatic heterocycles. The van der Waals surface area contributed by atoms with Gasteiger partial charge in [-0.2, -0.15) is 0 Å². The Bertz CT molecular complexity index is 410. The van der Waals surface area contributed by atoms with Gasteiger partial charge in [-0.25, -0.2) is 0 Å². The second-order valence-electron chi connectivity index (χ2n) is 6.48. The molecule has 0 aliphatic rings. The number of benzene rings is 1. The lowest BCUT2D eigenvalue weighted by molar-refractivity contribution is 0.129. The molecule has 1 atom stereocenters. The number of nitrogens with two attached hydrogens (primary N) is 1. The van der Waals surface area contributed by atoms with Gasteiger partial charge in [0.1, 0.15) is 0 Å². The number of aryl methyl sites for hydroxylation is 1. The highest BCUT2D eigenvalue weighted by Gasteiger charge is 2.15. The fourth-order valence-corrected chi connectivity index (χ4v) is 2.10. The van der Waals surface area contributed by atoms with E-state index in [2.05, 4.69) is 50.8 Å². The monoisotopic (exact) mass is 264 g/mol. The fraction of sp³-hybridized carbons (Fsp3) is 0.625. The standard InChI is InChI=1S/C16H28N2O/c1-12-6-7-14(16(2,3)4)8-13(12)10-18(5)11-15(19)9-17/h6-8,15,19H,9-11,17H2,1-5H3. The van der Waals surface area contributed by atoms with Gasteiger partial charge in [-0.1, -0.05) is 39.0 Å². The lowest BCUT2D eigenvalue weighted by Gasteiger charge is -2.24. The lowest BCUT2D eigenvalue weighted by Crippen LogP contribution is -2.34. The summed E-state index contributed by atoms with van der Waals surface area (Å²) < 4.78 is 0. The Labute approximate surface area is 117 Å². The Hall–Kier alpha value is -0.900. The van der Waals surface area contributed by atoms with Gasteiger partial charge in [0.15, 0.2) is 0 Å². The molecule has 1 rings (SSSR count). The molecule has 0 radical (unpaired) electrons. The summed E-state index contributed by atoms with van der Waals surface area (Å²) in [6.45, 7) is 10.6. The second kappa shape index (κ2) is 6.51. The summed E-state index contributed by atoms with van der Waals surface area (Å²) in [5, 5.41) is 9.59. The van der Waals surface area contributed by atoms with E-state index in [1.165, 1.54) is 16.7 Å². The number of aliphatic hydroxyl groups excluding tert-OH is 1. The highest BCUT2D eigenvalue weighted by atomic mass is 16.3. The summed E-state index contributed by atoms with van der Waals surface area (Å²) in [6, 6.07) is 6.66. The van der Waals surface area contributed by atoms with Gasteiger partial charge in [0.25, 0.3) is 0 Å². The van der Waals surface area contributed by atoms with Gasteiger partial charge in [0.05, 0.1) is 6.10 Å². The van der Waals surface area contributed by atoms with Gasteiger partial charge < -0.3 is 10.8 Å². The maximum Gasteiger partial charge on any atom is 0.0789 e. The first-order valence-corrected chi connectivity index (χ1v) is 6.90. The van der Waals surface area contributed by atoms with Crippen LogP contribution in [0.4, 0.5) is 0 Å². The average molecular weight is 264 g/mol. The minimum Gasteiger partial charge on any atom is -0.390 e. The van der Waals surface area contributed by atoms with Gasteiger partial charge in [0.2, 0.25) is 0 Å². The van der Waals surface area contributed by atoms with Crippen molar-refractivity contribution in [3.8, 4) is 0 Å². The molecule has 3 nitrogen and oxygen atoms in total. The van der Waals surface area contributed by atoms with Crippen LogP contribution in [0.1, 0.15) is 37.5 Å². The molecular formula is C16H28N2O. The van der Waals surface area contributed by atoms with Crippen molar-refractivity contribution in [2.75, 3.05) is 20.1 Å². The Balaban J connectivity index is 2.83. The van der Waals surface area contributed by atoms with Gasteiger partial charge >= 0.3 is 0 Å². The second-order valence-corrected chi connectivity index (χ2v) is 6.48. The van der Waals surface area contributed by atoms with Crippen molar-refractivity contribution >= 4 is 0 Å². The smallest absolute Gasteiger partial charge is 0.0789 e. The topological polar surface area (TPSA) is 49.5 Å². The number of hydrogen-bond acceptors (Lipinski definition) is 3. The zero-order valence-electron chi connectivity index (χ0n) is 12.9. The Morgan fingerprint density at radius 1 is 1.32 bits per heavy atom. The van der Waals surface area contributed by atoms with Gasteiger partial charge in [0, 0.05) is 19.6 Å². The Morgan fingerprint density at radius 2 is 1.95 bits per heavy atom. The molecule has 0 spiro atoms. The zero-order valence-corrected chi connectivity index (χ0v) is 12.9. The maximum atomic E-state index is 9.59. The molecule has 0 aliphatic heterocycles. The van der Waals surface area contributed by atoms with Crippen molar-refractivity contribution in [3.05, 3.63) is 34.9 Å². The van der Waals surface area contributed by atoms with E-state index in [9.17, 15) is 5.11 Å². The van der Waals surface area contributed by atoms with E-state index in [0.717, 1.165) is 6.54 Å². The first-order valence-electron chi connectivity index (χ1n) is 6.90. The highest BCUT2D eigenvalue weighted by Crippen LogP contribution is 2.25. The maximum absolute atomic E-state index is 9.59. The molecule has 1 aromatic carbocycles. The van der Waals surface area contributed by atoms with Crippen LogP contribution in [-0.2, 0) is 12.0 Å². The molecule has 3 heteroatoms. The molecule has 0 saturated heterocycles. The predicted molar refractivity (Wildman–Crippen MR) is 81.3 cm³/mol. The molecule has 0 heterocycles. The van der Waals surface area contributed by atoms with E-state index < -0.39 is 6.10 Å². The van der Waals surface area contributed by atoms with Crippen molar-refractivity contribution in [3.63, 3.8) is 0 Å². The average Bonchev–Trinajstić information content (AvgIpc) is 2.30. The van der Waals surface area contributed by atoms with Crippen LogP contribution in [0.25, 0.3) is 0 Å². The van der Waals surface area contributed by atoms with Crippen molar-refractivity contribution in [2.45, 2.75) is 45.8 Å². The first-order chi connectivity index (χ1) is 8.74. The van der Waals surface area contributed by atoms with Crippen LogP contribution < -0.4 is 5.73 Å². The van der Waals surface area contributed by atoms with E-state index in [1.54, 1.807) is 0 Å². The number of likely N-dealkylation sites (N-methyl/N-ethyl adjacent to an activating group) is 1. The van der Waals surface area contributed by atoms with Crippen molar-refractivity contribution < 1.29 is 5.11 Å². The minimum absolute atomic E-state index is 0.164. The summed E-state index contributed by atoms with van der Waals surface area (Å²) in [6.07, 6.45) is -0.448. The predicted octanol–water partition coefficient (Wildman–Crippen LogP) is 2.04. The molecule has 0 aliphatic carbocycles. The first kappa shape index (κ1) is 16.2. The third-order valence-electron chi connectivity index (χ3n) is 3.45. The minimum atomic E-state index is -0.448. The van der Waals surface area contributed by atoms with Crippen molar-refractivity contribution in [1.82, 2.24) is 4.90 Å². The molecule has 1 unspecified atom stereocenters. The molecule has 108 valence electrons. The van der Waals surface area contributed by atoms with Crippen LogP contribution in [0.5, 0.6) is 0 Å². The van der Waals surface area contributed by atoms with Crippen molar-refractivity contribution in [2.24, 2.45) is 5.73 Å². The Morgan fingerprint density at radius 3 is 2.47 bits per heavy atom. The summed E-state index contributed by atoms with van der Waals surface area (Å²) in [7, 11) is 2.02. The summed E-state index contributed by atoms with van der Waals surface area (Å²) in [4.78, 5) is 2.12. The van der Waals surface area contributed by atoms with Crippen LogP contribution in [0.15, 0.2) is 18.2 Å². The SMILES string of the molecule is Cc1ccc(C(C)(C)C)cc1CN(C)CC(O)CN. The molecule has 0 saturated carbocycles. The van der Waals surface area contributed by atoms with Gasteiger partial charge in [-0.05, 0) is 36.1 Å². The van der Waals surface area contributed by atoms with E-state index in [-0.39, 0.29) is 5.41 Å². The van der Waals surface area contributed by atoms with Crippen LogP contribution in [0, 0.1) is 6.92 Å². The van der Waals surface area contributed by atoms with E-state index >= 15 is 0 Å². The van der Waals surface area contributed by atoms with Crippen LogP contribution in [0.3, 0.4) is 0 Å². The third-order valence-corrected chi connectivity index (χ3v) is 3.45. The van der Waals surface area contributed by atoms with Crippen LogP contribution in [0.2, 0.25) is 0 Å². The molecule has 19 heavy (non-hydrogen) atoms. The van der Waals surface area contributed by atoms with E-state index in [0.29, 0.717) is 13.1 Å². The summed E-state index contributed by atoms with van der Waals surface area (Å²) in [5.41, 5.74) is 9.57. The van der Waals surface area contributed by atoms with Gasteiger partial charge in [-0.3, -0.25) is 4.90 Å². The lowest BCUT2D eigenvalue weighted by atomic mass is 9.85. The molecular weight excluding hydrogens is 236 g/mol. The van der Waals surface area contributed by atoms with E-state index in [4.69, 9.17) is 5.73 Å². The quantitative estimate of drug-likeness (QED) is 0.855. The zero-order chi connectivity index (χ0) is 14.6. The highest BCUT2D eigenvalue weighted by molar-refractivity contribution is 5.34. The van der Waals surface area contributed by atoms with Gasteiger partial charge in [-0.15, -0.1) is 0 Å². The molecule has 0 amide bonds. The number of nitrogens with zero attached hydrogens (tertiary/aromatic N) is 1. The normalized spacial score (nSPS) is 13.9. The summed E-state index contributed by atoms with van der Waals surface area (Å²) >= 11 is 0. The number of hydrogen-bond donors (Lipinski definition) is 2. The number of aliphatic hydroxyl groups is 1. The van der Waals surface area contributed by atoms with Crippen LogP contribution >= 0.6 is 0 Å². The van der Waals surface area contributed by atoms with Crippen LogP contribution in [-0.4, -0.2) is 36.2 Å². The molecule has 3 N–H and O–H groups in total. The molecule has 1 aromatic rings. The fourth-order valence-electron chi connectivity index (χ4n) is 2.10. The summed E-state index contributed by atoms with van der Waals surface area (Å²) in [5.74, 6) is 0.